The molecule has 1 aromatic carbocycles. The van der Waals surface area contributed by atoms with Gasteiger partial charge in [-0.25, -0.2) is 8.42 Å². The van der Waals surface area contributed by atoms with Crippen molar-refractivity contribution in [2.24, 2.45) is 11.8 Å². The lowest BCUT2D eigenvalue weighted by atomic mass is 9.87. The molecule has 140 valence electrons. The molecule has 0 aliphatic carbocycles. The fraction of sp³-hybridized carbons (Fsp3) is 0.700. The molecule has 2 saturated heterocycles. The van der Waals surface area contributed by atoms with Crippen LogP contribution in [0.1, 0.15) is 50.5 Å². The SMILES string of the molecule is Cc1ccc(S(=O)(=O)N2CCC(CCCC3CCNCC3)CC2)cc1. The molecule has 3 rings (SSSR count). The highest BCUT2D eigenvalue weighted by Crippen LogP contribution is 2.28. The smallest absolute Gasteiger partial charge is 0.243 e. The molecule has 0 atom stereocenters. The summed E-state index contributed by atoms with van der Waals surface area (Å²) >= 11 is 0. The standard InChI is InChI=1S/C20H32N2O2S/c1-17-5-7-20(8-6-17)25(23,24)22-15-11-19(12-16-22)4-2-3-18-9-13-21-14-10-18/h5-8,18-19,21H,2-4,9-16H2,1H3. The number of benzene rings is 1. The molecule has 2 aliphatic rings. The van der Waals surface area contributed by atoms with Gasteiger partial charge in [0, 0.05) is 13.1 Å². The summed E-state index contributed by atoms with van der Waals surface area (Å²) in [5.41, 5.74) is 1.09. The van der Waals surface area contributed by atoms with E-state index in [1.54, 1.807) is 16.4 Å². The van der Waals surface area contributed by atoms with Gasteiger partial charge in [-0.2, -0.15) is 4.31 Å². The summed E-state index contributed by atoms with van der Waals surface area (Å²) in [5, 5.41) is 3.43. The first kappa shape index (κ1) is 18.9. The van der Waals surface area contributed by atoms with Crippen LogP contribution in [0.25, 0.3) is 0 Å². The van der Waals surface area contributed by atoms with E-state index in [0.717, 1.165) is 24.3 Å². The third-order valence-corrected chi connectivity index (χ3v) is 7.83. The van der Waals surface area contributed by atoms with Crippen molar-refractivity contribution < 1.29 is 8.42 Å². The molecule has 5 heteroatoms. The first-order valence-electron chi connectivity index (χ1n) is 9.83. The van der Waals surface area contributed by atoms with E-state index in [0.29, 0.717) is 23.9 Å². The first-order valence-corrected chi connectivity index (χ1v) is 11.3. The van der Waals surface area contributed by atoms with Crippen LogP contribution in [0.15, 0.2) is 29.2 Å². The van der Waals surface area contributed by atoms with Gasteiger partial charge in [-0.3, -0.25) is 0 Å². The number of rotatable bonds is 6. The molecule has 2 fully saturated rings. The maximum atomic E-state index is 12.7. The van der Waals surface area contributed by atoms with Crippen LogP contribution in [0.2, 0.25) is 0 Å². The summed E-state index contributed by atoms with van der Waals surface area (Å²) in [4.78, 5) is 0.433. The molecule has 0 radical (unpaired) electrons. The normalized spacial score (nSPS) is 21.5. The summed E-state index contributed by atoms with van der Waals surface area (Å²) in [6.07, 6.45) is 8.60. The van der Waals surface area contributed by atoms with Gasteiger partial charge in [0.25, 0.3) is 0 Å². The van der Waals surface area contributed by atoms with Gasteiger partial charge in [0.1, 0.15) is 0 Å². The van der Waals surface area contributed by atoms with Gasteiger partial charge in [0.15, 0.2) is 0 Å². The second kappa shape index (κ2) is 8.65. The second-order valence-electron chi connectivity index (χ2n) is 7.78. The Labute approximate surface area is 153 Å². The topological polar surface area (TPSA) is 49.4 Å². The highest BCUT2D eigenvalue weighted by molar-refractivity contribution is 7.89. The molecule has 1 aromatic rings. The second-order valence-corrected chi connectivity index (χ2v) is 9.72. The average Bonchev–Trinajstić information content (AvgIpc) is 2.63. The number of hydrogen-bond acceptors (Lipinski definition) is 3. The first-order chi connectivity index (χ1) is 12.1. The van der Waals surface area contributed by atoms with Crippen molar-refractivity contribution >= 4 is 10.0 Å². The number of hydrogen-bond donors (Lipinski definition) is 1. The van der Waals surface area contributed by atoms with Crippen molar-refractivity contribution in [3.8, 4) is 0 Å². The van der Waals surface area contributed by atoms with Gasteiger partial charge >= 0.3 is 0 Å². The van der Waals surface area contributed by atoms with Gasteiger partial charge in [-0.05, 0) is 69.7 Å². The zero-order valence-electron chi connectivity index (χ0n) is 15.4. The molecule has 0 saturated carbocycles. The van der Waals surface area contributed by atoms with Gasteiger partial charge in [0.2, 0.25) is 10.0 Å². The Morgan fingerprint density at radius 3 is 2.12 bits per heavy atom. The molecule has 0 amide bonds. The van der Waals surface area contributed by atoms with E-state index in [2.05, 4.69) is 5.32 Å². The monoisotopic (exact) mass is 364 g/mol. The molecule has 0 spiro atoms. The Morgan fingerprint density at radius 2 is 1.52 bits per heavy atom. The molecule has 2 aliphatic heterocycles. The Kier molecular flexibility index (Phi) is 6.53. The highest BCUT2D eigenvalue weighted by Gasteiger charge is 2.29. The summed E-state index contributed by atoms with van der Waals surface area (Å²) < 4.78 is 27.2. The van der Waals surface area contributed by atoms with Crippen molar-refractivity contribution in [2.75, 3.05) is 26.2 Å². The summed E-state index contributed by atoms with van der Waals surface area (Å²) in [6, 6.07) is 7.21. The molecule has 25 heavy (non-hydrogen) atoms. The fourth-order valence-corrected chi connectivity index (χ4v) is 5.63. The quantitative estimate of drug-likeness (QED) is 0.839. The Balaban J connectivity index is 1.44. The molecule has 0 aromatic heterocycles. The van der Waals surface area contributed by atoms with Crippen LogP contribution < -0.4 is 5.32 Å². The van der Waals surface area contributed by atoms with E-state index in [-0.39, 0.29) is 0 Å². The summed E-state index contributed by atoms with van der Waals surface area (Å²) in [6.45, 7) is 5.69. The minimum Gasteiger partial charge on any atom is -0.317 e. The zero-order valence-corrected chi connectivity index (χ0v) is 16.2. The van der Waals surface area contributed by atoms with Crippen LogP contribution in [0.4, 0.5) is 0 Å². The number of sulfonamides is 1. The molecule has 0 bridgehead atoms. The van der Waals surface area contributed by atoms with Crippen molar-refractivity contribution in [3.05, 3.63) is 29.8 Å². The lowest BCUT2D eigenvalue weighted by Gasteiger charge is -2.31. The van der Waals surface area contributed by atoms with Crippen LogP contribution in [0, 0.1) is 18.8 Å². The number of piperidine rings is 2. The maximum Gasteiger partial charge on any atom is 0.243 e. The number of nitrogens with one attached hydrogen (secondary N) is 1. The number of nitrogens with zero attached hydrogens (tertiary/aromatic N) is 1. The predicted molar refractivity (Wildman–Crippen MR) is 102 cm³/mol. The van der Waals surface area contributed by atoms with Gasteiger partial charge < -0.3 is 5.32 Å². The largest absolute Gasteiger partial charge is 0.317 e. The lowest BCUT2D eigenvalue weighted by molar-refractivity contribution is 0.250. The van der Waals surface area contributed by atoms with Crippen molar-refractivity contribution in [1.82, 2.24) is 9.62 Å². The Bertz CT molecular complexity index is 628. The van der Waals surface area contributed by atoms with E-state index in [1.165, 1.54) is 45.2 Å². The van der Waals surface area contributed by atoms with Crippen LogP contribution in [0.5, 0.6) is 0 Å². The zero-order chi connectivity index (χ0) is 17.7. The van der Waals surface area contributed by atoms with E-state index < -0.39 is 10.0 Å². The van der Waals surface area contributed by atoms with E-state index in [4.69, 9.17) is 0 Å². The predicted octanol–water partition coefficient (Wildman–Crippen LogP) is 3.57. The highest BCUT2D eigenvalue weighted by atomic mass is 32.2. The van der Waals surface area contributed by atoms with Crippen molar-refractivity contribution in [3.63, 3.8) is 0 Å². The average molecular weight is 365 g/mol. The van der Waals surface area contributed by atoms with E-state index >= 15 is 0 Å². The van der Waals surface area contributed by atoms with Gasteiger partial charge in [0.05, 0.1) is 4.90 Å². The van der Waals surface area contributed by atoms with Gasteiger partial charge in [-0.1, -0.05) is 37.0 Å². The maximum absolute atomic E-state index is 12.7. The third-order valence-electron chi connectivity index (χ3n) is 5.92. The molecular formula is C20H32N2O2S. The minimum atomic E-state index is -3.31. The van der Waals surface area contributed by atoms with E-state index in [9.17, 15) is 8.42 Å². The van der Waals surface area contributed by atoms with E-state index in [1.807, 2.05) is 19.1 Å². The summed E-state index contributed by atoms with van der Waals surface area (Å²) in [5.74, 6) is 1.61. The van der Waals surface area contributed by atoms with Gasteiger partial charge in [-0.15, -0.1) is 0 Å². The molecule has 4 nitrogen and oxygen atoms in total. The Hall–Kier alpha value is -0.910. The fourth-order valence-electron chi connectivity index (χ4n) is 4.16. The molecular weight excluding hydrogens is 332 g/mol. The lowest BCUT2D eigenvalue weighted by Crippen LogP contribution is -2.38. The minimum absolute atomic E-state index is 0.433. The number of aryl methyl sites for hydroxylation is 1. The Morgan fingerprint density at radius 1 is 0.960 bits per heavy atom. The molecule has 1 N–H and O–H groups in total. The van der Waals surface area contributed by atoms with Crippen LogP contribution >= 0.6 is 0 Å². The van der Waals surface area contributed by atoms with Crippen molar-refractivity contribution in [1.29, 1.82) is 0 Å². The molecule has 2 heterocycles. The van der Waals surface area contributed by atoms with Crippen LogP contribution in [-0.4, -0.2) is 38.9 Å². The summed E-state index contributed by atoms with van der Waals surface area (Å²) in [7, 11) is -3.31. The third kappa shape index (κ3) is 5.05. The van der Waals surface area contributed by atoms with Crippen molar-refractivity contribution in [2.45, 2.75) is 56.8 Å². The van der Waals surface area contributed by atoms with Crippen LogP contribution in [0.3, 0.4) is 0 Å². The molecule has 0 unspecified atom stereocenters. The van der Waals surface area contributed by atoms with Crippen LogP contribution in [-0.2, 0) is 10.0 Å².